The summed E-state index contributed by atoms with van der Waals surface area (Å²) in [4.78, 5) is 20.6. The maximum absolute atomic E-state index is 10.2. The van der Waals surface area contributed by atoms with Gasteiger partial charge in [0.25, 0.3) is 0 Å². The molecule has 222 valence electrons. The average Bonchev–Trinajstić information content (AvgIpc) is 3.01. The third-order valence-electron chi connectivity index (χ3n) is 7.77. The van der Waals surface area contributed by atoms with E-state index in [9.17, 15) is 10.2 Å². The highest BCUT2D eigenvalue weighted by Gasteiger charge is 2.21. The van der Waals surface area contributed by atoms with Crippen molar-refractivity contribution >= 4 is 39.2 Å². The number of phenolic OH excluding ortho intramolecular Hbond substituents is 2. The maximum Gasteiger partial charge on any atom is 0.165 e. The first kappa shape index (κ1) is 29.3. The average molecular weight is 605 g/mol. The molecule has 0 spiro atoms. The summed E-state index contributed by atoms with van der Waals surface area (Å²) in [5.41, 5.74) is 11.2. The van der Waals surface area contributed by atoms with Gasteiger partial charge in [-0.05, 0) is 86.3 Å². The van der Waals surface area contributed by atoms with E-state index in [1.165, 1.54) is 0 Å². The number of benzene rings is 4. The molecule has 0 radical (unpaired) electrons. The highest BCUT2D eigenvalue weighted by atomic mass is 35.5. The minimum atomic E-state index is 0.144. The fourth-order valence-electron chi connectivity index (χ4n) is 5.34. The van der Waals surface area contributed by atoms with Gasteiger partial charge in [-0.2, -0.15) is 0 Å². The van der Waals surface area contributed by atoms with Gasteiger partial charge >= 0.3 is 0 Å². The minimum absolute atomic E-state index is 0.144. The van der Waals surface area contributed by atoms with Crippen molar-refractivity contribution < 1.29 is 10.2 Å². The molecule has 0 amide bonds. The number of aromatic hydroxyl groups is 2. The van der Waals surface area contributed by atoms with E-state index >= 15 is 0 Å². The summed E-state index contributed by atoms with van der Waals surface area (Å²) in [7, 11) is 0. The van der Waals surface area contributed by atoms with Crippen molar-refractivity contribution in [1.29, 1.82) is 0 Å². The van der Waals surface area contributed by atoms with Gasteiger partial charge in [0.2, 0.25) is 0 Å². The second-order valence-electron chi connectivity index (χ2n) is 11.1. The number of piperidine rings is 1. The van der Waals surface area contributed by atoms with Gasteiger partial charge in [-0.3, -0.25) is 0 Å². The number of nitrogens with two attached hydrogens (primary N) is 1. The van der Waals surface area contributed by atoms with Crippen molar-refractivity contribution in [1.82, 2.24) is 19.9 Å². The molecule has 0 atom stereocenters. The molecule has 1 saturated heterocycles. The van der Waals surface area contributed by atoms with Crippen LogP contribution in [0.3, 0.4) is 0 Å². The Balaban J connectivity index is 0.000000162. The highest BCUT2D eigenvalue weighted by molar-refractivity contribution is 6.34. The Morgan fingerprint density at radius 2 is 1.18 bits per heavy atom. The molecule has 6 aromatic rings. The second kappa shape index (κ2) is 12.4. The lowest BCUT2D eigenvalue weighted by Crippen LogP contribution is -2.40. The monoisotopic (exact) mass is 604 g/mol. The minimum Gasteiger partial charge on any atom is -0.507 e. The van der Waals surface area contributed by atoms with Crippen LogP contribution >= 0.6 is 11.6 Å². The summed E-state index contributed by atoms with van der Waals surface area (Å²) >= 11 is 6.18. The molecule has 4 aromatic carbocycles. The third-order valence-corrected chi connectivity index (χ3v) is 8.06. The molecule has 3 heterocycles. The van der Waals surface area contributed by atoms with Crippen LogP contribution in [0, 0.1) is 13.8 Å². The first-order valence-electron chi connectivity index (χ1n) is 14.6. The quantitative estimate of drug-likeness (QED) is 0.181. The van der Waals surface area contributed by atoms with Crippen LogP contribution in [0.2, 0.25) is 5.15 Å². The molecular weight excluding hydrogens is 572 g/mol. The number of nitrogens with zero attached hydrogens (tertiary/aromatic N) is 5. The van der Waals surface area contributed by atoms with E-state index in [2.05, 4.69) is 40.0 Å². The fourth-order valence-corrected chi connectivity index (χ4v) is 5.58. The molecule has 2 aromatic heterocycles. The van der Waals surface area contributed by atoms with Gasteiger partial charge in [0.05, 0.1) is 22.2 Å². The first-order valence-corrected chi connectivity index (χ1v) is 14.9. The summed E-state index contributed by atoms with van der Waals surface area (Å²) in [6.07, 6.45) is 1.92. The zero-order chi connectivity index (χ0) is 30.8. The number of fused-ring (bicyclic) bond motifs is 2. The van der Waals surface area contributed by atoms with Crippen LogP contribution in [0.1, 0.15) is 24.0 Å². The van der Waals surface area contributed by atoms with E-state index in [0.717, 1.165) is 64.7 Å². The molecule has 8 nitrogen and oxygen atoms in total. The molecule has 1 aliphatic rings. The van der Waals surface area contributed by atoms with E-state index < -0.39 is 0 Å². The fraction of sp³-hybridized carbons (Fsp3) is 0.200. The number of aryl methyl sites for hydroxylation is 2. The van der Waals surface area contributed by atoms with E-state index in [1.54, 1.807) is 30.3 Å². The van der Waals surface area contributed by atoms with Crippen LogP contribution in [0.5, 0.6) is 11.5 Å². The van der Waals surface area contributed by atoms with Gasteiger partial charge in [-0.15, -0.1) is 0 Å². The van der Waals surface area contributed by atoms with E-state index in [-0.39, 0.29) is 17.5 Å². The van der Waals surface area contributed by atoms with Crippen LogP contribution in [-0.4, -0.2) is 49.3 Å². The number of hydrogen-bond donors (Lipinski definition) is 3. The van der Waals surface area contributed by atoms with Gasteiger partial charge in [-0.1, -0.05) is 48.0 Å². The number of aromatic nitrogens is 4. The molecule has 0 unspecified atom stereocenters. The number of rotatable bonds is 3. The Bertz CT molecular complexity index is 1970. The predicted octanol–water partition coefficient (Wildman–Crippen LogP) is 7.20. The summed E-state index contributed by atoms with van der Waals surface area (Å²) in [6.45, 7) is 5.83. The van der Waals surface area contributed by atoms with E-state index in [4.69, 9.17) is 27.3 Å². The zero-order valence-electron chi connectivity index (χ0n) is 24.6. The SMILES string of the molecule is Cc1ccc2c(Cl)nc(-c3ccccc3O)nc2c1.Cc1ccc2c(N3CCC(N)CC3)nc(-c3ccccc3O)nc2c1. The van der Waals surface area contributed by atoms with Gasteiger partial charge < -0.3 is 20.8 Å². The second-order valence-corrected chi connectivity index (χ2v) is 11.5. The molecule has 44 heavy (non-hydrogen) atoms. The summed E-state index contributed by atoms with van der Waals surface area (Å²) < 4.78 is 0. The van der Waals surface area contributed by atoms with Crippen LogP contribution in [0.4, 0.5) is 5.82 Å². The largest absolute Gasteiger partial charge is 0.507 e. The van der Waals surface area contributed by atoms with E-state index in [0.29, 0.717) is 27.9 Å². The molecule has 9 heteroatoms. The Morgan fingerprint density at radius 1 is 0.682 bits per heavy atom. The molecule has 7 rings (SSSR count). The molecule has 0 bridgehead atoms. The first-order chi connectivity index (χ1) is 21.3. The van der Waals surface area contributed by atoms with Crippen LogP contribution in [-0.2, 0) is 0 Å². The van der Waals surface area contributed by atoms with Gasteiger partial charge in [0.1, 0.15) is 22.5 Å². The molecule has 1 aliphatic heterocycles. The number of phenols is 2. The number of hydrogen-bond acceptors (Lipinski definition) is 8. The van der Waals surface area contributed by atoms with Gasteiger partial charge in [-0.25, -0.2) is 19.9 Å². The maximum atomic E-state index is 10.2. The Kier molecular flexibility index (Phi) is 8.28. The van der Waals surface area contributed by atoms with Crippen molar-refractivity contribution in [3.8, 4) is 34.3 Å². The predicted molar refractivity (Wildman–Crippen MR) is 177 cm³/mol. The summed E-state index contributed by atoms with van der Waals surface area (Å²) in [6, 6.07) is 26.5. The summed E-state index contributed by atoms with van der Waals surface area (Å²) in [5, 5.41) is 22.3. The number of halogens is 1. The van der Waals surface area contributed by atoms with Crippen LogP contribution < -0.4 is 10.6 Å². The Hall–Kier alpha value is -4.79. The lowest BCUT2D eigenvalue weighted by atomic mass is 10.0. The van der Waals surface area contributed by atoms with E-state index in [1.807, 2.05) is 43.3 Å². The number of para-hydroxylation sites is 2. The highest BCUT2D eigenvalue weighted by Crippen LogP contribution is 2.33. The van der Waals surface area contributed by atoms with Crippen molar-refractivity contribution in [2.24, 2.45) is 5.73 Å². The van der Waals surface area contributed by atoms with Crippen molar-refractivity contribution in [3.05, 3.63) is 101 Å². The molecule has 0 saturated carbocycles. The lowest BCUT2D eigenvalue weighted by Gasteiger charge is -2.32. The molecule has 4 N–H and O–H groups in total. The van der Waals surface area contributed by atoms with Crippen LogP contribution in [0.15, 0.2) is 84.9 Å². The number of anilines is 1. The Labute approximate surface area is 260 Å². The topological polar surface area (TPSA) is 121 Å². The third kappa shape index (κ3) is 6.13. The van der Waals surface area contributed by atoms with Gasteiger partial charge in [0, 0.05) is 29.9 Å². The van der Waals surface area contributed by atoms with Crippen molar-refractivity contribution in [2.45, 2.75) is 32.7 Å². The lowest BCUT2D eigenvalue weighted by molar-refractivity contribution is 0.476. The smallest absolute Gasteiger partial charge is 0.165 e. The molecular formula is C35H33ClN6O2. The van der Waals surface area contributed by atoms with Crippen molar-refractivity contribution in [3.63, 3.8) is 0 Å². The van der Waals surface area contributed by atoms with Gasteiger partial charge in [0.15, 0.2) is 11.6 Å². The zero-order valence-corrected chi connectivity index (χ0v) is 25.3. The normalized spacial score (nSPS) is 13.6. The van der Waals surface area contributed by atoms with Crippen LogP contribution in [0.25, 0.3) is 44.6 Å². The Morgan fingerprint density at radius 3 is 1.75 bits per heavy atom. The summed E-state index contributed by atoms with van der Waals surface area (Å²) in [5.74, 6) is 2.25. The standard InChI is InChI=1S/C20H22N4O.C15H11ClN2O/c1-13-6-7-15-17(12-13)22-19(16-4-2-3-5-18(16)25)23-20(15)24-10-8-14(21)9-11-24;1-9-6-7-10-12(8-9)17-15(18-14(10)16)11-4-2-3-5-13(11)19/h2-7,12,14,25H,8-11,21H2,1H3;2-8,19H,1H3. The molecule has 1 fully saturated rings. The molecule has 0 aliphatic carbocycles. The van der Waals surface area contributed by atoms with Crippen molar-refractivity contribution in [2.75, 3.05) is 18.0 Å².